The summed E-state index contributed by atoms with van der Waals surface area (Å²) >= 11 is 1.73. The zero-order valence-electron chi connectivity index (χ0n) is 15.9. The fourth-order valence-electron chi connectivity index (χ4n) is 4.49. The lowest BCUT2D eigenvalue weighted by atomic mass is 10.1. The number of thiazole rings is 1. The largest absolute Gasteiger partial charge is 0.378 e. The maximum atomic E-state index is 14.0. The number of hydrogen-bond acceptors (Lipinski definition) is 5. The molecule has 4 heterocycles. The number of aromatic nitrogens is 2. The van der Waals surface area contributed by atoms with Gasteiger partial charge in [-0.05, 0) is 42.0 Å². The average molecular weight is 409 g/mol. The monoisotopic (exact) mass is 408 g/mol. The molecule has 148 valence electrons. The fourth-order valence-corrected chi connectivity index (χ4v) is 5.54. The average Bonchev–Trinajstić information content (AvgIpc) is 3.33. The van der Waals surface area contributed by atoms with Crippen LogP contribution in [0.3, 0.4) is 0 Å². The lowest BCUT2D eigenvalue weighted by Gasteiger charge is -2.25. The van der Waals surface area contributed by atoms with Gasteiger partial charge in [0.2, 0.25) is 0 Å². The Morgan fingerprint density at radius 2 is 2.00 bits per heavy atom. The number of anilines is 1. The highest BCUT2D eigenvalue weighted by molar-refractivity contribution is 7.22. The molecular weight excluding hydrogens is 387 g/mol. The number of rotatable bonds is 2. The predicted molar refractivity (Wildman–Crippen MR) is 115 cm³/mol. The number of morpholine rings is 1. The summed E-state index contributed by atoms with van der Waals surface area (Å²) in [5.41, 5.74) is 5.70. The second-order valence-corrected chi connectivity index (χ2v) is 8.61. The number of ether oxygens (including phenoxy) is 1. The van der Waals surface area contributed by atoms with Crippen molar-refractivity contribution in [3.8, 4) is 5.69 Å². The third-order valence-electron chi connectivity index (χ3n) is 5.88. The molecule has 29 heavy (non-hydrogen) atoms. The van der Waals surface area contributed by atoms with E-state index in [2.05, 4.69) is 33.0 Å². The summed E-state index contributed by atoms with van der Waals surface area (Å²) < 4.78 is 22.9. The van der Waals surface area contributed by atoms with E-state index < -0.39 is 0 Å². The van der Waals surface area contributed by atoms with Gasteiger partial charge in [0.1, 0.15) is 5.82 Å². The first-order valence-electron chi connectivity index (χ1n) is 10.0. The Morgan fingerprint density at radius 1 is 1.10 bits per heavy atom. The number of halogens is 1. The van der Waals surface area contributed by atoms with E-state index >= 15 is 0 Å². The minimum Gasteiger partial charge on any atom is -0.378 e. The first-order valence-corrected chi connectivity index (χ1v) is 10.9. The fraction of sp³-hybridized carbons (Fsp3) is 0.318. The lowest BCUT2D eigenvalue weighted by molar-refractivity contribution is 0.122. The highest BCUT2D eigenvalue weighted by Gasteiger charge is 2.22. The Balaban J connectivity index is 1.50. The van der Waals surface area contributed by atoms with E-state index in [0.717, 1.165) is 73.1 Å². The molecule has 6 rings (SSSR count). The SMILES string of the molecule is Fc1ccc2c(c1)c1c(n2-c2ccc3nc(N4CCOCC4)sc3c2)CCNC1. The van der Waals surface area contributed by atoms with Crippen LogP contribution in [0, 0.1) is 5.82 Å². The molecule has 1 fully saturated rings. The van der Waals surface area contributed by atoms with Crippen LogP contribution in [0.1, 0.15) is 11.3 Å². The van der Waals surface area contributed by atoms with Crippen molar-refractivity contribution in [2.45, 2.75) is 13.0 Å². The van der Waals surface area contributed by atoms with Crippen LogP contribution in [0.25, 0.3) is 26.8 Å². The van der Waals surface area contributed by atoms with Gasteiger partial charge in [-0.25, -0.2) is 9.37 Å². The number of fused-ring (bicyclic) bond motifs is 4. The minimum absolute atomic E-state index is 0.184. The Labute approximate surface area is 171 Å². The third kappa shape index (κ3) is 2.84. The zero-order valence-corrected chi connectivity index (χ0v) is 16.8. The normalized spacial score (nSPS) is 17.2. The lowest BCUT2D eigenvalue weighted by Crippen LogP contribution is -2.36. The van der Waals surface area contributed by atoms with Crippen LogP contribution >= 0.6 is 11.3 Å². The summed E-state index contributed by atoms with van der Waals surface area (Å²) in [5, 5.41) is 5.49. The molecule has 2 aliphatic heterocycles. The van der Waals surface area contributed by atoms with Gasteiger partial charge in [0, 0.05) is 49.4 Å². The summed E-state index contributed by atoms with van der Waals surface area (Å²) in [4.78, 5) is 7.14. The van der Waals surface area contributed by atoms with Crippen molar-refractivity contribution in [1.82, 2.24) is 14.9 Å². The molecule has 1 saturated heterocycles. The predicted octanol–water partition coefficient (Wildman–Crippen LogP) is 3.86. The Hall–Kier alpha value is -2.48. The van der Waals surface area contributed by atoms with Crippen molar-refractivity contribution >= 4 is 37.6 Å². The van der Waals surface area contributed by atoms with Gasteiger partial charge in [0.25, 0.3) is 0 Å². The Kier molecular flexibility index (Phi) is 4.07. The standard InChI is InChI=1S/C22H21FN4OS/c23-14-1-4-19-16(11-14)17-13-24-6-5-20(17)27(19)15-2-3-18-21(12-15)29-22(25-18)26-7-9-28-10-8-26/h1-4,11-12,24H,5-10,13H2. The van der Waals surface area contributed by atoms with Gasteiger partial charge < -0.3 is 19.5 Å². The molecule has 4 aromatic rings. The van der Waals surface area contributed by atoms with Crippen LogP contribution in [0.2, 0.25) is 0 Å². The molecule has 0 unspecified atom stereocenters. The van der Waals surface area contributed by atoms with Gasteiger partial charge in [-0.15, -0.1) is 0 Å². The van der Waals surface area contributed by atoms with Crippen LogP contribution in [0.4, 0.5) is 9.52 Å². The molecule has 0 saturated carbocycles. The number of hydrogen-bond donors (Lipinski definition) is 1. The second-order valence-electron chi connectivity index (χ2n) is 7.60. The van der Waals surface area contributed by atoms with Crippen molar-refractivity contribution in [3.05, 3.63) is 53.5 Å². The first-order chi connectivity index (χ1) is 14.3. The quantitative estimate of drug-likeness (QED) is 0.547. The van der Waals surface area contributed by atoms with Gasteiger partial charge >= 0.3 is 0 Å². The van der Waals surface area contributed by atoms with Crippen molar-refractivity contribution in [3.63, 3.8) is 0 Å². The molecule has 1 N–H and O–H groups in total. The van der Waals surface area contributed by atoms with Crippen LogP contribution < -0.4 is 10.2 Å². The summed E-state index contributed by atoms with van der Waals surface area (Å²) in [5.74, 6) is -0.184. The Morgan fingerprint density at radius 3 is 2.90 bits per heavy atom. The molecule has 0 radical (unpaired) electrons. The number of nitrogens with zero attached hydrogens (tertiary/aromatic N) is 3. The van der Waals surface area contributed by atoms with Crippen molar-refractivity contribution in [2.75, 3.05) is 37.7 Å². The van der Waals surface area contributed by atoms with Crippen molar-refractivity contribution in [2.24, 2.45) is 0 Å². The van der Waals surface area contributed by atoms with E-state index in [-0.39, 0.29) is 5.82 Å². The van der Waals surface area contributed by atoms with Crippen LogP contribution in [0.15, 0.2) is 36.4 Å². The smallest absolute Gasteiger partial charge is 0.186 e. The molecule has 0 spiro atoms. The summed E-state index contributed by atoms with van der Waals surface area (Å²) in [6, 6.07) is 11.6. The van der Waals surface area contributed by atoms with Crippen LogP contribution in [-0.2, 0) is 17.7 Å². The van der Waals surface area contributed by atoms with E-state index in [0.29, 0.717) is 0 Å². The van der Waals surface area contributed by atoms with Gasteiger partial charge in [-0.1, -0.05) is 11.3 Å². The third-order valence-corrected chi connectivity index (χ3v) is 6.96. The van der Waals surface area contributed by atoms with Gasteiger partial charge in [-0.3, -0.25) is 0 Å². The molecule has 0 atom stereocenters. The molecule has 7 heteroatoms. The van der Waals surface area contributed by atoms with Crippen molar-refractivity contribution in [1.29, 1.82) is 0 Å². The van der Waals surface area contributed by atoms with Gasteiger partial charge in [0.05, 0.1) is 28.9 Å². The maximum absolute atomic E-state index is 14.0. The Bertz CT molecular complexity index is 1220. The molecule has 2 aliphatic rings. The highest BCUT2D eigenvalue weighted by Crippen LogP contribution is 2.35. The summed E-state index contributed by atoms with van der Waals surface area (Å²) in [6.07, 6.45) is 0.936. The highest BCUT2D eigenvalue weighted by atomic mass is 32.1. The molecule has 0 bridgehead atoms. The van der Waals surface area contributed by atoms with E-state index in [9.17, 15) is 4.39 Å². The molecule has 2 aromatic heterocycles. The van der Waals surface area contributed by atoms with Crippen molar-refractivity contribution < 1.29 is 9.13 Å². The number of benzene rings is 2. The van der Waals surface area contributed by atoms with Crippen LogP contribution in [0.5, 0.6) is 0 Å². The first kappa shape index (κ1) is 17.4. The van der Waals surface area contributed by atoms with Crippen LogP contribution in [-0.4, -0.2) is 42.4 Å². The summed E-state index contributed by atoms with van der Waals surface area (Å²) in [6.45, 7) is 5.02. The van der Waals surface area contributed by atoms with E-state index in [1.54, 1.807) is 23.5 Å². The number of nitrogens with one attached hydrogen (secondary N) is 1. The second kappa shape index (κ2) is 6.79. The summed E-state index contributed by atoms with van der Waals surface area (Å²) in [7, 11) is 0. The molecule has 0 amide bonds. The van der Waals surface area contributed by atoms with E-state index in [1.807, 2.05) is 6.07 Å². The van der Waals surface area contributed by atoms with Gasteiger partial charge in [0.15, 0.2) is 5.13 Å². The van der Waals surface area contributed by atoms with E-state index in [4.69, 9.17) is 9.72 Å². The van der Waals surface area contributed by atoms with Gasteiger partial charge in [-0.2, -0.15) is 0 Å². The molecular formula is C22H21FN4OS. The topological polar surface area (TPSA) is 42.3 Å². The zero-order chi connectivity index (χ0) is 19.4. The molecule has 2 aromatic carbocycles. The maximum Gasteiger partial charge on any atom is 0.186 e. The molecule has 0 aliphatic carbocycles. The minimum atomic E-state index is -0.184. The van der Waals surface area contributed by atoms with E-state index in [1.165, 1.54) is 16.0 Å². The molecule has 5 nitrogen and oxygen atoms in total.